The molecule has 0 saturated carbocycles. The van der Waals surface area contributed by atoms with Gasteiger partial charge in [0.05, 0.1) is 38.0 Å². The van der Waals surface area contributed by atoms with Crippen LogP contribution in [0.1, 0.15) is 0 Å². The van der Waals surface area contributed by atoms with Crippen molar-refractivity contribution in [2.45, 2.75) is 0 Å². The molecule has 55 heavy (non-hydrogen) atoms. The van der Waals surface area contributed by atoms with E-state index in [2.05, 4.69) is 197 Å². The SMILES string of the molecule is c1ccc(-c2cc(-c3ccc(-n4c5cc6c(cc5c5ccc7c8ccccc8sc7c54)c4ccccc4n6-c4ccccc4)cc3)nc3ccccc23)cc1. The Kier molecular flexibility index (Phi) is 6.50. The second-order valence-electron chi connectivity index (χ2n) is 14.3. The minimum absolute atomic E-state index is 0.965. The van der Waals surface area contributed by atoms with Crippen LogP contribution in [-0.4, -0.2) is 14.1 Å². The van der Waals surface area contributed by atoms with Gasteiger partial charge in [-0.25, -0.2) is 4.98 Å². The van der Waals surface area contributed by atoms with E-state index in [4.69, 9.17) is 4.98 Å². The number of para-hydroxylation sites is 3. The van der Waals surface area contributed by atoms with Gasteiger partial charge in [0.2, 0.25) is 0 Å². The summed E-state index contributed by atoms with van der Waals surface area (Å²) in [5.74, 6) is 0. The molecule has 256 valence electrons. The van der Waals surface area contributed by atoms with Gasteiger partial charge in [0.15, 0.2) is 0 Å². The lowest BCUT2D eigenvalue weighted by Gasteiger charge is -2.13. The highest BCUT2D eigenvalue weighted by Gasteiger charge is 2.21. The summed E-state index contributed by atoms with van der Waals surface area (Å²) >= 11 is 1.89. The Morgan fingerprint density at radius 1 is 0.382 bits per heavy atom. The predicted octanol–water partition coefficient (Wildman–Crippen LogP) is 14.1. The molecule has 0 spiro atoms. The van der Waals surface area contributed by atoms with Crippen LogP contribution in [-0.2, 0) is 0 Å². The first kappa shape index (κ1) is 30.5. The van der Waals surface area contributed by atoms with Crippen LogP contribution in [0.2, 0.25) is 0 Å². The molecular weight excluding hydrogens is 687 g/mol. The maximum atomic E-state index is 5.17. The van der Waals surface area contributed by atoms with Crippen molar-refractivity contribution in [3.63, 3.8) is 0 Å². The molecule has 0 aliphatic heterocycles. The molecule has 4 heterocycles. The number of hydrogen-bond donors (Lipinski definition) is 0. The molecule has 0 atom stereocenters. The van der Waals surface area contributed by atoms with Gasteiger partial charge in [-0.1, -0.05) is 127 Å². The molecule has 0 saturated heterocycles. The number of pyridine rings is 1. The van der Waals surface area contributed by atoms with Gasteiger partial charge in [0.25, 0.3) is 0 Å². The zero-order chi connectivity index (χ0) is 36.0. The lowest BCUT2D eigenvalue weighted by molar-refractivity contribution is 1.17. The smallest absolute Gasteiger partial charge is 0.0719 e. The standard InChI is InChI=1S/C51H31N3S/c1-3-13-32(14-4-1)41-30-45(52-44-20-10-7-17-36(41)44)33-23-25-35(26-24-33)54-48-31-47-42(37-18-8-11-21-46(37)53(47)34-15-5-2-6-16-34)29-43(48)39-27-28-40-38-19-9-12-22-49(38)55-51(40)50(39)54/h1-31H. The number of aromatic nitrogens is 3. The van der Waals surface area contributed by atoms with Crippen molar-refractivity contribution in [2.75, 3.05) is 0 Å². The van der Waals surface area contributed by atoms with Crippen LogP contribution in [0.15, 0.2) is 188 Å². The second-order valence-corrected chi connectivity index (χ2v) is 15.4. The van der Waals surface area contributed by atoms with Gasteiger partial charge >= 0.3 is 0 Å². The molecule has 0 N–H and O–H groups in total. The molecule has 0 unspecified atom stereocenters. The fourth-order valence-electron chi connectivity index (χ4n) is 8.82. The molecule has 8 aromatic carbocycles. The lowest BCUT2D eigenvalue weighted by atomic mass is 9.98. The Bertz CT molecular complexity index is 3460. The van der Waals surface area contributed by atoms with Crippen molar-refractivity contribution >= 4 is 86.0 Å². The fraction of sp³-hybridized carbons (Fsp3) is 0. The molecule has 12 rings (SSSR count). The third-order valence-electron chi connectivity index (χ3n) is 11.3. The maximum absolute atomic E-state index is 5.17. The van der Waals surface area contributed by atoms with Gasteiger partial charge in [0, 0.05) is 59.3 Å². The van der Waals surface area contributed by atoms with E-state index in [0.29, 0.717) is 0 Å². The Morgan fingerprint density at radius 3 is 1.85 bits per heavy atom. The van der Waals surface area contributed by atoms with Crippen LogP contribution in [0.25, 0.3) is 108 Å². The zero-order valence-electron chi connectivity index (χ0n) is 29.6. The maximum Gasteiger partial charge on any atom is 0.0719 e. The molecule has 0 radical (unpaired) electrons. The summed E-state index contributed by atoms with van der Waals surface area (Å²) in [7, 11) is 0. The van der Waals surface area contributed by atoms with Gasteiger partial charge in [-0.3, -0.25) is 0 Å². The summed E-state index contributed by atoms with van der Waals surface area (Å²) < 4.78 is 7.53. The van der Waals surface area contributed by atoms with E-state index in [1.54, 1.807) is 0 Å². The van der Waals surface area contributed by atoms with E-state index in [9.17, 15) is 0 Å². The summed E-state index contributed by atoms with van der Waals surface area (Å²) in [6, 6.07) is 68.2. The van der Waals surface area contributed by atoms with E-state index < -0.39 is 0 Å². The largest absolute Gasteiger partial charge is 0.309 e. The van der Waals surface area contributed by atoms with E-state index in [-0.39, 0.29) is 0 Å². The highest BCUT2D eigenvalue weighted by molar-refractivity contribution is 7.26. The molecule has 0 fully saturated rings. The summed E-state index contributed by atoms with van der Waals surface area (Å²) in [4.78, 5) is 5.17. The minimum Gasteiger partial charge on any atom is -0.309 e. The van der Waals surface area contributed by atoms with Crippen LogP contribution in [0.5, 0.6) is 0 Å². The van der Waals surface area contributed by atoms with Crippen LogP contribution in [0.3, 0.4) is 0 Å². The lowest BCUT2D eigenvalue weighted by Crippen LogP contribution is -1.96. The molecule has 0 aliphatic rings. The number of fused-ring (bicyclic) bond motifs is 11. The first-order valence-electron chi connectivity index (χ1n) is 18.7. The van der Waals surface area contributed by atoms with Crippen LogP contribution >= 0.6 is 11.3 Å². The van der Waals surface area contributed by atoms with Gasteiger partial charge in [-0.15, -0.1) is 11.3 Å². The van der Waals surface area contributed by atoms with Crippen molar-refractivity contribution in [1.82, 2.24) is 14.1 Å². The van der Waals surface area contributed by atoms with E-state index in [0.717, 1.165) is 33.5 Å². The molecule has 3 nitrogen and oxygen atoms in total. The minimum atomic E-state index is 0.965. The summed E-state index contributed by atoms with van der Waals surface area (Å²) in [6.45, 7) is 0. The molecule has 12 aromatic rings. The Labute approximate surface area is 320 Å². The third-order valence-corrected chi connectivity index (χ3v) is 12.5. The number of thiophene rings is 1. The first-order chi connectivity index (χ1) is 27.3. The number of hydrogen-bond acceptors (Lipinski definition) is 2. The van der Waals surface area contributed by atoms with Crippen molar-refractivity contribution in [2.24, 2.45) is 0 Å². The predicted molar refractivity (Wildman–Crippen MR) is 234 cm³/mol. The molecule has 0 amide bonds. The summed E-state index contributed by atoms with van der Waals surface area (Å²) in [5, 5.41) is 8.80. The number of nitrogens with zero attached hydrogens (tertiary/aromatic N) is 3. The first-order valence-corrected chi connectivity index (χ1v) is 19.5. The summed E-state index contributed by atoms with van der Waals surface area (Å²) in [5.41, 5.74) is 12.6. The zero-order valence-corrected chi connectivity index (χ0v) is 30.5. The Hall–Kier alpha value is -7.01. The van der Waals surface area contributed by atoms with Crippen molar-refractivity contribution in [3.8, 4) is 33.8 Å². The topological polar surface area (TPSA) is 22.8 Å². The van der Waals surface area contributed by atoms with Crippen LogP contribution in [0.4, 0.5) is 0 Å². The van der Waals surface area contributed by atoms with E-state index in [1.807, 2.05) is 11.3 Å². The van der Waals surface area contributed by atoms with Gasteiger partial charge in [-0.2, -0.15) is 0 Å². The van der Waals surface area contributed by atoms with Gasteiger partial charge in [-0.05, 0) is 71.8 Å². The molecule has 4 aromatic heterocycles. The van der Waals surface area contributed by atoms with Gasteiger partial charge < -0.3 is 9.13 Å². The van der Waals surface area contributed by atoms with Gasteiger partial charge in [0.1, 0.15) is 0 Å². The average Bonchev–Trinajstić information content (AvgIpc) is 3.90. The fourth-order valence-corrected chi connectivity index (χ4v) is 10.1. The molecule has 0 aliphatic carbocycles. The monoisotopic (exact) mass is 717 g/mol. The second kappa shape index (κ2) is 11.7. The summed E-state index contributed by atoms with van der Waals surface area (Å²) in [6.07, 6.45) is 0. The molecule has 4 heteroatoms. The van der Waals surface area contributed by atoms with E-state index >= 15 is 0 Å². The van der Waals surface area contributed by atoms with E-state index in [1.165, 1.54) is 74.9 Å². The molecule has 0 bridgehead atoms. The number of benzene rings is 8. The highest BCUT2D eigenvalue weighted by atomic mass is 32.1. The number of rotatable bonds is 4. The molecular formula is C51H31N3S. The Morgan fingerprint density at radius 2 is 1.02 bits per heavy atom. The highest BCUT2D eigenvalue weighted by Crippen LogP contribution is 2.45. The van der Waals surface area contributed by atoms with Crippen molar-refractivity contribution in [3.05, 3.63) is 188 Å². The van der Waals surface area contributed by atoms with Crippen LogP contribution < -0.4 is 0 Å². The quantitative estimate of drug-likeness (QED) is 0.178. The van der Waals surface area contributed by atoms with Crippen molar-refractivity contribution < 1.29 is 0 Å². The normalized spacial score (nSPS) is 12.0. The van der Waals surface area contributed by atoms with Crippen molar-refractivity contribution in [1.29, 1.82) is 0 Å². The average molecular weight is 718 g/mol. The third kappa shape index (κ3) is 4.52. The van der Waals surface area contributed by atoms with Crippen LogP contribution in [0, 0.1) is 0 Å². The Balaban J connectivity index is 1.14.